The van der Waals surface area contributed by atoms with Crippen LogP contribution in [-0.2, 0) is 6.61 Å². The van der Waals surface area contributed by atoms with Gasteiger partial charge in [-0.15, -0.1) is 0 Å². The fourth-order valence-electron chi connectivity index (χ4n) is 2.47. The molecule has 0 fully saturated rings. The van der Waals surface area contributed by atoms with Crippen LogP contribution in [0.15, 0.2) is 64.5 Å². The Kier molecular flexibility index (Phi) is 4.61. The van der Waals surface area contributed by atoms with Gasteiger partial charge in [-0.25, -0.2) is 0 Å². The van der Waals surface area contributed by atoms with E-state index in [2.05, 4.69) is 16.4 Å². The zero-order chi connectivity index (χ0) is 16.9. The van der Waals surface area contributed by atoms with Crippen molar-refractivity contribution >= 4 is 5.71 Å². The van der Waals surface area contributed by atoms with Gasteiger partial charge in [-0.3, -0.25) is 0 Å². The van der Waals surface area contributed by atoms with Crippen LogP contribution in [0.3, 0.4) is 0 Å². The van der Waals surface area contributed by atoms with Crippen LogP contribution in [0.2, 0.25) is 0 Å². The van der Waals surface area contributed by atoms with Gasteiger partial charge in [0.2, 0.25) is 0 Å². The van der Waals surface area contributed by atoms with E-state index in [1.165, 1.54) is 6.26 Å². The fourth-order valence-corrected chi connectivity index (χ4v) is 2.47. The molecular weight excluding hydrogens is 304 g/mol. The normalized spacial score (nSPS) is 11.5. The lowest BCUT2D eigenvalue weighted by atomic mass is 10.0. The molecule has 0 aliphatic rings. The minimum atomic E-state index is 0.351. The van der Waals surface area contributed by atoms with E-state index in [1.807, 2.05) is 50.2 Å². The largest absolute Gasteiger partial charge is 0.489 e. The summed E-state index contributed by atoms with van der Waals surface area (Å²) in [5.41, 5.74) is 4.68. The summed E-state index contributed by atoms with van der Waals surface area (Å²) in [4.78, 5) is 0. The van der Waals surface area contributed by atoms with Gasteiger partial charge in [0.1, 0.15) is 30.0 Å². The molecule has 1 aromatic heterocycles. The third kappa shape index (κ3) is 3.30. The second kappa shape index (κ2) is 7.00. The summed E-state index contributed by atoms with van der Waals surface area (Å²) in [5, 5.41) is 16.6. The maximum absolute atomic E-state index is 9.41. The first-order valence-corrected chi connectivity index (χ1v) is 7.60. The summed E-state index contributed by atoms with van der Waals surface area (Å²) < 4.78 is 10.8. The van der Waals surface area contributed by atoms with Crippen molar-refractivity contribution < 1.29 is 14.5 Å². The Morgan fingerprint density at radius 1 is 1.17 bits per heavy atom. The van der Waals surface area contributed by atoms with Crippen LogP contribution in [0, 0.1) is 13.8 Å². The van der Waals surface area contributed by atoms with Crippen molar-refractivity contribution in [3.8, 4) is 5.75 Å². The molecule has 3 aromatic rings. The van der Waals surface area contributed by atoms with Gasteiger partial charge in [0.05, 0.1) is 0 Å². The standard InChI is InChI=1S/C19H18N2O3/c1-13-7-8-14(2)18(11-13)23-12-15-5-3-4-6-16(15)19(20-22)17-9-10-24-21-17/h3-11,22H,12H2,1-2H3. The molecule has 122 valence electrons. The molecule has 0 amide bonds. The summed E-state index contributed by atoms with van der Waals surface area (Å²) in [6.45, 7) is 4.40. The van der Waals surface area contributed by atoms with E-state index in [0.29, 0.717) is 18.0 Å². The van der Waals surface area contributed by atoms with Gasteiger partial charge >= 0.3 is 0 Å². The van der Waals surface area contributed by atoms with Gasteiger partial charge in [0.15, 0.2) is 0 Å². The van der Waals surface area contributed by atoms with E-state index in [9.17, 15) is 5.21 Å². The first-order chi connectivity index (χ1) is 11.7. The van der Waals surface area contributed by atoms with E-state index < -0.39 is 0 Å². The average Bonchev–Trinajstić information content (AvgIpc) is 3.12. The van der Waals surface area contributed by atoms with Crippen molar-refractivity contribution in [2.75, 3.05) is 0 Å². The quantitative estimate of drug-likeness (QED) is 0.436. The molecule has 1 heterocycles. The molecular formula is C19H18N2O3. The van der Waals surface area contributed by atoms with Crippen molar-refractivity contribution in [3.05, 3.63) is 82.7 Å². The number of rotatable bonds is 5. The number of nitrogens with zero attached hydrogens (tertiary/aromatic N) is 2. The van der Waals surface area contributed by atoms with E-state index in [1.54, 1.807) is 6.07 Å². The second-order valence-corrected chi connectivity index (χ2v) is 5.55. The zero-order valence-electron chi connectivity index (χ0n) is 13.6. The Balaban J connectivity index is 1.88. The van der Waals surface area contributed by atoms with Crippen LogP contribution in [-0.4, -0.2) is 16.1 Å². The molecule has 5 nitrogen and oxygen atoms in total. The van der Waals surface area contributed by atoms with Gasteiger partial charge < -0.3 is 14.5 Å². The molecule has 0 aliphatic carbocycles. The Bertz CT molecular complexity index is 855. The molecule has 0 bridgehead atoms. The maximum atomic E-state index is 9.41. The fraction of sp³-hybridized carbons (Fsp3) is 0.158. The molecule has 0 saturated carbocycles. The van der Waals surface area contributed by atoms with Crippen LogP contribution in [0.4, 0.5) is 0 Å². The Morgan fingerprint density at radius 2 is 2.00 bits per heavy atom. The molecule has 3 rings (SSSR count). The lowest BCUT2D eigenvalue weighted by Crippen LogP contribution is -2.09. The molecule has 0 unspecified atom stereocenters. The Morgan fingerprint density at radius 3 is 2.75 bits per heavy atom. The van der Waals surface area contributed by atoms with Crippen LogP contribution in [0.1, 0.15) is 27.9 Å². The van der Waals surface area contributed by atoms with Crippen molar-refractivity contribution in [1.82, 2.24) is 5.16 Å². The highest BCUT2D eigenvalue weighted by atomic mass is 16.5. The maximum Gasteiger partial charge on any atom is 0.139 e. The van der Waals surface area contributed by atoms with Gasteiger partial charge in [-0.05, 0) is 36.6 Å². The highest BCUT2D eigenvalue weighted by Gasteiger charge is 2.15. The van der Waals surface area contributed by atoms with Crippen molar-refractivity contribution in [1.29, 1.82) is 0 Å². The number of ether oxygens (including phenoxy) is 1. The summed E-state index contributed by atoms with van der Waals surface area (Å²) >= 11 is 0. The van der Waals surface area contributed by atoms with Crippen molar-refractivity contribution in [3.63, 3.8) is 0 Å². The summed E-state index contributed by atoms with van der Waals surface area (Å²) in [6, 6.07) is 15.3. The predicted molar refractivity (Wildman–Crippen MR) is 90.6 cm³/mol. The summed E-state index contributed by atoms with van der Waals surface area (Å²) in [5.74, 6) is 0.841. The molecule has 0 radical (unpaired) electrons. The van der Waals surface area contributed by atoms with E-state index >= 15 is 0 Å². The van der Waals surface area contributed by atoms with Crippen molar-refractivity contribution in [2.24, 2.45) is 5.16 Å². The van der Waals surface area contributed by atoms with Crippen LogP contribution >= 0.6 is 0 Å². The van der Waals surface area contributed by atoms with Gasteiger partial charge in [0.25, 0.3) is 0 Å². The first-order valence-electron chi connectivity index (χ1n) is 7.60. The van der Waals surface area contributed by atoms with Gasteiger partial charge in [-0.2, -0.15) is 0 Å². The second-order valence-electron chi connectivity index (χ2n) is 5.55. The van der Waals surface area contributed by atoms with E-state index in [0.717, 1.165) is 28.0 Å². The smallest absolute Gasteiger partial charge is 0.139 e. The topological polar surface area (TPSA) is 67.8 Å². The van der Waals surface area contributed by atoms with Crippen LogP contribution in [0.25, 0.3) is 0 Å². The molecule has 24 heavy (non-hydrogen) atoms. The average molecular weight is 322 g/mol. The number of hydrogen-bond acceptors (Lipinski definition) is 5. The SMILES string of the molecule is Cc1ccc(C)c(OCc2ccccc2C(=NO)c2ccon2)c1. The molecule has 1 N–H and O–H groups in total. The molecule has 0 atom stereocenters. The summed E-state index contributed by atoms with van der Waals surface area (Å²) in [7, 11) is 0. The highest BCUT2D eigenvalue weighted by Crippen LogP contribution is 2.22. The minimum absolute atomic E-state index is 0.351. The number of benzene rings is 2. The number of aromatic nitrogens is 1. The van der Waals surface area contributed by atoms with Crippen molar-refractivity contribution in [2.45, 2.75) is 20.5 Å². The molecule has 5 heteroatoms. The highest BCUT2D eigenvalue weighted by molar-refractivity contribution is 6.12. The predicted octanol–water partition coefficient (Wildman–Crippen LogP) is 4.10. The lowest BCUT2D eigenvalue weighted by molar-refractivity contribution is 0.303. The Hall–Kier alpha value is -3.08. The lowest BCUT2D eigenvalue weighted by Gasteiger charge is -2.13. The van der Waals surface area contributed by atoms with E-state index in [-0.39, 0.29) is 0 Å². The monoisotopic (exact) mass is 322 g/mol. The molecule has 0 saturated heterocycles. The molecule has 0 spiro atoms. The van der Waals surface area contributed by atoms with E-state index in [4.69, 9.17) is 9.26 Å². The van der Waals surface area contributed by atoms with Gasteiger partial charge in [0, 0.05) is 11.6 Å². The molecule has 2 aromatic carbocycles. The number of oxime groups is 1. The van der Waals surface area contributed by atoms with Crippen LogP contribution < -0.4 is 4.74 Å². The zero-order valence-corrected chi connectivity index (χ0v) is 13.6. The minimum Gasteiger partial charge on any atom is -0.489 e. The first kappa shape index (κ1) is 15.8. The van der Waals surface area contributed by atoms with Gasteiger partial charge in [-0.1, -0.05) is 46.7 Å². The Labute approximate surface area is 140 Å². The number of hydrogen-bond donors (Lipinski definition) is 1. The third-order valence-corrected chi connectivity index (χ3v) is 3.78. The summed E-state index contributed by atoms with van der Waals surface area (Å²) in [6.07, 6.45) is 1.44. The number of aryl methyl sites for hydroxylation is 2. The molecule has 0 aliphatic heterocycles. The van der Waals surface area contributed by atoms with Crippen LogP contribution in [0.5, 0.6) is 5.75 Å². The third-order valence-electron chi connectivity index (χ3n) is 3.78.